The van der Waals surface area contributed by atoms with Crippen LogP contribution < -0.4 is 5.32 Å². The summed E-state index contributed by atoms with van der Waals surface area (Å²) in [5, 5.41) is 3.20. The number of rotatable bonds is 8. The van der Waals surface area contributed by atoms with Crippen molar-refractivity contribution in [3.63, 3.8) is 0 Å². The fourth-order valence-electron chi connectivity index (χ4n) is 3.79. The normalized spacial score (nSPS) is 14.4. The number of morpholine rings is 1. The highest BCUT2D eigenvalue weighted by molar-refractivity contribution is 7.89. The quantitative estimate of drug-likeness (QED) is 0.457. The van der Waals surface area contributed by atoms with Crippen LogP contribution in [0.25, 0.3) is 0 Å². The number of hydrogen-bond donors (Lipinski definition) is 1. The van der Waals surface area contributed by atoms with Crippen LogP contribution >= 0.6 is 11.6 Å². The summed E-state index contributed by atoms with van der Waals surface area (Å²) in [6.07, 6.45) is 0.580. The third-order valence-corrected chi connectivity index (χ3v) is 7.86. The zero-order valence-corrected chi connectivity index (χ0v) is 20.5. The van der Waals surface area contributed by atoms with Crippen molar-refractivity contribution in [2.24, 2.45) is 0 Å². The second-order valence-corrected chi connectivity index (χ2v) is 10.5. The Labute approximate surface area is 209 Å². The van der Waals surface area contributed by atoms with Crippen LogP contribution in [0.2, 0.25) is 5.02 Å². The molecular weight excluding hydrogens is 488 g/mol. The topological polar surface area (TPSA) is 92.8 Å². The molecule has 1 saturated heterocycles. The van der Waals surface area contributed by atoms with Crippen molar-refractivity contribution in [3.05, 3.63) is 94.5 Å². The molecule has 4 rings (SSSR count). The standard InChI is InChI=1S/C26H25ClN2O5S/c27-21-9-12-24(23(18-21)26(31)20-4-2-1-3-5-20)28-25(30)13-8-19-6-10-22(11-7-19)35(32,33)29-14-16-34-17-15-29/h1-7,9-12,18H,8,13-17H2,(H,28,30). The van der Waals surface area contributed by atoms with E-state index in [1.807, 2.05) is 6.07 Å². The second kappa shape index (κ2) is 11.1. The Bertz CT molecular complexity index is 1310. The first-order chi connectivity index (χ1) is 16.8. The van der Waals surface area contributed by atoms with Gasteiger partial charge >= 0.3 is 0 Å². The first-order valence-electron chi connectivity index (χ1n) is 11.2. The lowest BCUT2D eigenvalue weighted by molar-refractivity contribution is -0.116. The Balaban J connectivity index is 1.40. The molecule has 0 bridgehead atoms. The van der Waals surface area contributed by atoms with Crippen LogP contribution in [0.15, 0.2) is 77.7 Å². The van der Waals surface area contributed by atoms with E-state index in [0.717, 1.165) is 5.56 Å². The molecule has 1 aliphatic heterocycles. The molecule has 0 atom stereocenters. The smallest absolute Gasteiger partial charge is 0.243 e. The zero-order chi connectivity index (χ0) is 24.8. The van der Waals surface area contributed by atoms with Gasteiger partial charge in [0.1, 0.15) is 0 Å². The fourth-order valence-corrected chi connectivity index (χ4v) is 5.37. The lowest BCUT2D eigenvalue weighted by Crippen LogP contribution is -2.40. The number of aryl methyl sites for hydroxylation is 1. The third-order valence-electron chi connectivity index (χ3n) is 5.71. The third kappa shape index (κ3) is 6.15. The Morgan fingerprint density at radius 1 is 0.943 bits per heavy atom. The van der Waals surface area contributed by atoms with Crippen LogP contribution in [-0.4, -0.2) is 50.7 Å². The molecule has 1 heterocycles. The highest BCUT2D eigenvalue weighted by Gasteiger charge is 2.26. The minimum atomic E-state index is -3.56. The molecule has 0 radical (unpaired) electrons. The summed E-state index contributed by atoms with van der Waals surface area (Å²) in [5.74, 6) is -0.500. The summed E-state index contributed by atoms with van der Waals surface area (Å²) < 4.78 is 32.1. The van der Waals surface area contributed by atoms with E-state index in [1.54, 1.807) is 66.7 Å². The highest BCUT2D eigenvalue weighted by Crippen LogP contribution is 2.24. The van der Waals surface area contributed by atoms with Gasteiger partial charge in [-0.05, 0) is 42.3 Å². The van der Waals surface area contributed by atoms with Crippen molar-refractivity contribution >= 4 is 39.0 Å². The maximum atomic E-state index is 12.9. The predicted octanol–water partition coefficient (Wildman–Crippen LogP) is 4.16. The summed E-state index contributed by atoms with van der Waals surface area (Å²) in [7, 11) is -3.56. The first kappa shape index (κ1) is 25.1. The average molecular weight is 513 g/mol. The SMILES string of the molecule is O=C(CCc1ccc(S(=O)(=O)N2CCOCC2)cc1)Nc1ccc(Cl)cc1C(=O)c1ccccc1. The molecule has 1 fully saturated rings. The highest BCUT2D eigenvalue weighted by atomic mass is 35.5. The molecule has 7 nitrogen and oxygen atoms in total. The van der Waals surface area contributed by atoms with Gasteiger partial charge in [0, 0.05) is 35.7 Å². The molecule has 0 saturated carbocycles. The number of benzene rings is 3. The van der Waals surface area contributed by atoms with E-state index < -0.39 is 10.0 Å². The van der Waals surface area contributed by atoms with Gasteiger partial charge in [0.05, 0.1) is 23.8 Å². The summed E-state index contributed by atoms with van der Waals surface area (Å²) in [6, 6.07) is 20.1. The second-order valence-electron chi connectivity index (χ2n) is 8.09. The van der Waals surface area contributed by atoms with E-state index in [2.05, 4.69) is 5.32 Å². The van der Waals surface area contributed by atoms with Crippen LogP contribution in [0, 0.1) is 0 Å². The molecule has 0 spiro atoms. The maximum absolute atomic E-state index is 12.9. The Morgan fingerprint density at radius 3 is 2.31 bits per heavy atom. The van der Waals surface area contributed by atoms with Gasteiger partial charge in [-0.2, -0.15) is 4.31 Å². The van der Waals surface area contributed by atoms with Crippen LogP contribution in [0.3, 0.4) is 0 Å². The number of amides is 1. The summed E-state index contributed by atoms with van der Waals surface area (Å²) in [6.45, 7) is 1.45. The lowest BCUT2D eigenvalue weighted by Gasteiger charge is -2.26. The van der Waals surface area contributed by atoms with Gasteiger partial charge in [-0.3, -0.25) is 9.59 Å². The minimum absolute atomic E-state index is 0.164. The van der Waals surface area contributed by atoms with Crippen molar-refractivity contribution in [2.45, 2.75) is 17.7 Å². The molecule has 0 unspecified atom stereocenters. The van der Waals surface area contributed by atoms with E-state index in [1.165, 1.54) is 4.31 Å². The Morgan fingerprint density at radius 2 is 1.63 bits per heavy atom. The predicted molar refractivity (Wildman–Crippen MR) is 134 cm³/mol. The van der Waals surface area contributed by atoms with E-state index in [0.29, 0.717) is 54.6 Å². The summed E-state index contributed by atoms with van der Waals surface area (Å²) in [5.41, 5.74) is 2.03. The fraction of sp³-hybridized carbons (Fsp3) is 0.231. The largest absolute Gasteiger partial charge is 0.379 e. The Hall–Kier alpha value is -3.04. The van der Waals surface area contributed by atoms with Crippen molar-refractivity contribution in [3.8, 4) is 0 Å². The van der Waals surface area contributed by atoms with Gasteiger partial charge in [0.2, 0.25) is 15.9 Å². The van der Waals surface area contributed by atoms with Crippen LogP contribution in [0.1, 0.15) is 27.9 Å². The zero-order valence-electron chi connectivity index (χ0n) is 18.9. The maximum Gasteiger partial charge on any atom is 0.243 e. The number of sulfonamides is 1. The molecule has 0 aliphatic carbocycles. The average Bonchev–Trinajstić information content (AvgIpc) is 2.89. The molecule has 3 aromatic rings. The number of nitrogens with zero attached hydrogens (tertiary/aromatic N) is 1. The molecule has 9 heteroatoms. The van der Waals surface area contributed by atoms with Gasteiger partial charge in [-0.1, -0.05) is 54.1 Å². The molecule has 182 valence electrons. The van der Waals surface area contributed by atoms with Crippen LogP contribution in [0.4, 0.5) is 5.69 Å². The molecule has 1 amide bonds. The lowest BCUT2D eigenvalue weighted by atomic mass is 10.0. The van der Waals surface area contributed by atoms with Gasteiger partial charge in [-0.25, -0.2) is 8.42 Å². The van der Waals surface area contributed by atoms with E-state index >= 15 is 0 Å². The van der Waals surface area contributed by atoms with Crippen LogP contribution in [-0.2, 0) is 26.0 Å². The summed E-state index contributed by atoms with van der Waals surface area (Å²) in [4.78, 5) is 25.8. The number of carbonyl (C=O) groups is 2. The van der Waals surface area contributed by atoms with E-state index in [4.69, 9.17) is 16.3 Å². The molecule has 35 heavy (non-hydrogen) atoms. The van der Waals surface area contributed by atoms with Crippen molar-refractivity contribution < 1.29 is 22.7 Å². The number of nitrogens with one attached hydrogen (secondary N) is 1. The number of ether oxygens (including phenoxy) is 1. The molecule has 1 N–H and O–H groups in total. The van der Waals surface area contributed by atoms with Gasteiger partial charge in [0.25, 0.3) is 0 Å². The monoisotopic (exact) mass is 512 g/mol. The van der Waals surface area contributed by atoms with Crippen molar-refractivity contribution in [1.82, 2.24) is 4.31 Å². The number of anilines is 1. The number of halogens is 1. The van der Waals surface area contributed by atoms with E-state index in [9.17, 15) is 18.0 Å². The Kier molecular flexibility index (Phi) is 7.97. The molecule has 3 aromatic carbocycles. The van der Waals surface area contributed by atoms with E-state index in [-0.39, 0.29) is 23.0 Å². The van der Waals surface area contributed by atoms with Crippen molar-refractivity contribution in [1.29, 1.82) is 0 Å². The summed E-state index contributed by atoms with van der Waals surface area (Å²) >= 11 is 6.10. The van der Waals surface area contributed by atoms with Crippen LogP contribution in [0.5, 0.6) is 0 Å². The van der Waals surface area contributed by atoms with Gasteiger partial charge in [0.15, 0.2) is 5.78 Å². The minimum Gasteiger partial charge on any atom is -0.379 e. The number of carbonyl (C=O) groups excluding carboxylic acids is 2. The number of ketones is 1. The van der Waals surface area contributed by atoms with Crippen molar-refractivity contribution in [2.75, 3.05) is 31.6 Å². The van der Waals surface area contributed by atoms with Gasteiger partial charge in [-0.15, -0.1) is 0 Å². The number of hydrogen-bond acceptors (Lipinski definition) is 5. The first-order valence-corrected chi connectivity index (χ1v) is 13.0. The van der Waals surface area contributed by atoms with Gasteiger partial charge < -0.3 is 10.1 Å². The molecular formula is C26H25ClN2O5S. The molecule has 1 aliphatic rings. The molecule has 0 aromatic heterocycles.